The van der Waals surface area contributed by atoms with E-state index in [-0.39, 0.29) is 5.75 Å². The molecule has 1 rings (SSSR count). The normalized spacial score (nSPS) is 23.4. The largest absolute Gasteiger partial charge is 0.312 e. The van der Waals surface area contributed by atoms with E-state index in [0.717, 1.165) is 5.57 Å². The Bertz CT molecular complexity index is 277. The van der Waals surface area contributed by atoms with Crippen molar-refractivity contribution in [1.82, 2.24) is 5.32 Å². The van der Waals surface area contributed by atoms with Crippen LogP contribution in [-0.4, -0.2) is 27.3 Å². The van der Waals surface area contributed by atoms with Gasteiger partial charge in [-0.15, -0.1) is 0 Å². The van der Waals surface area contributed by atoms with Crippen molar-refractivity contribution in [3.63, 3.8) is 0 Å². The Balaban J connectivity index is 2.91. The molecule has 0 aromatic heterocycles. The molecule has 0 aliphatic carbocycles. The summed E-state index contributed by atoms with van der Waals surface area (Å²) in [6.07, 6.45) is 0. The number of hydrogen-bond acceptors (Lipinski definition) is 3. The molecule has 1 aliphatic rings. The Morgan fingerprint density at radius 1 is 1.50 bits per heavy atom. The molecule has 0 saturated carbocycles. The average molecular weight is 189 g/mol. The summed E-state index contributed by atoms with van der Waals surface area (Å²) in [4.78, 5) is 0. The molecule has 0 saturated heterocycles. The Morgan fingerprint density at radius 2 is 2.17 bits per heavy atom. The van der Waals surface area contributed by atoms with Gasteiger partial charge in [0.2, 0.25) is 0 Å². The molecular formula is C8H15NO2S. The SMILES string of the molecule is CC(C)C1=CS(=O)(=O)CCNC1. The third-order valence-corrected chi connectivity index (χ3v) is 3.40. The average Bonchev–Trinajstić information content (AvgIpc) is 2.10. The summed E-state index contributed by atoms with van der Waals surface area (Å²) in [7, 11) is -2.94. The maximum Gasteiger partial charge on any atom is 0.172 e. The molecule has 3 nitrogen and oxygen atoms in total. The lowest BCUT2D eigenvalue weighted by Gasteiger charge is -2.07. The van der Waals surface area contributed by atoms with Crippen LogP contribution in [0.5, 0.6) is 0 Å². The maximum atomic E-state index is 11.3. The van der Waals surface area contributed by atoms with Crippen LogP contribution in [0, 0.1) is 5.92 Å². The van der Waals surface area contributed by atoms with Crippen LogP contribution >= 0.6 is 0 Å². The van der Waals surface area contributed by atoms with Crippen molar-refractivity contribution in [3.05, 3.63) is 11.0 Å². The number of nitrogens with one attached hydrogen (secondary N) is 1. The van der Waals surface area contributed by atoms with Gasteiger partial charge in [-0.2, -0.15) is 0 Å². The highest BCUT2D eigenvalue weighted by atomic mass is 32.2. The van der Waals surface area contributed by atoms with Crippen molar-refractivity contribution in [2.45, 2.75) is 13.8 Å². The summed E-state index contributed by atoms with van der Waals surface area (Å²) in [6.45, 7) is 5.29. The lowest BCUT2D eigenvalue weighted by Crippen LogP contribution is -2.21. The van der Waals surface area contributed by atoms with Crippen LogP contribution in [0.1, 0.15) is 13.8 Å². The van der Waals surface area contributed by atoms with Crippen molar-refractivity contribution in [2.75, 3.05) is 18.8 Å². The zero-order chi connectivity index (χ0) is 9.19. The molecule has 1 N–H and O–H groups in total. The van der Waals surface area contributed by atoms with Gasteiger partial charge in [-0.1, -0.05) is 13.8 Å². The highest BCUT2D eigenvalue weighted by Crippen LogP contribution is 2.12. The Kier molecular flexibility index (Phi) is 2.90. The third-order valence-electron chi connectivity index (χ3n) is 1.96. The second kappa shape index (κ2) is 3.58. The lowest BCUT2D eigenvalue weighted by atomic mass is 10.1. The van der Waals surface area contributed by atoms with Gasteiger partial charge in [0.15, 0.2) is 9.84 Å². The van der Waals surface area contributed by atoms with Crippen molar-refractivity contribution >= 4 is 9.84 Å². The van der Waals surface area contributed by atoms with E-state index in [2.05, 4.69) is 5.32 Å². The van der Waals surface area contributed by atoms with Gasteiger partial charge in [0.1, 0.15) is 0 Å². The lowest BCUT2D eigenvalue weighted by molar-refractivity contribution is 0.603. The third kappa shape index (κ3) is 2.60. The Labute approximate surface area is 73.8 Å². The predicted octanol–water partition coefficient (Wildman–Crippen LogP) is 0.544. The fraction of sp³-hybridized carbons (Fsp3) is 0.750. The first kappa shape index (κ1) is 9.74. The van der Waals surface area contributed by atoms with Gasteiger partial charge in [-0.25, -0.2) is 8.42 Å². The Morgan fingerprint density at radius 3 is 2.75 bits per heavy atom. The summed E-state index contributed by atoms with van der Waals surface area (Å²) in [6, 6.07) is 0. The van der Waals surface area contributed by atoms with E-state index in [1.165, 1.54) is 5.41 Å². The van der Waals surface area contributed by atoms with Gasteiger partial charge in [-0.3, -0.25) is 0 Å². The predicted molar refractivity (Wildman–Crippen MR) is 49.6 cm³/mol. The molecule has 0 aromatic rings. The van der Waals surface area contributed by atoms with Crippen molar-refractivity contribution in [3.8, 4) is 0 Å². The number of hydrogen-bond donors (Lipinski definition) is 1. The molecule has 0 aromatic carbocycles. The molecule has 0 atom stereocenters. The molecule has 1 heterocycles. The van der Waals surface area contributed by atoms with Gasteiger partial charge >= 0.3 is 0 Å². The quantitative estimate of drug-likeness (QED) is 0.655. The van der Waals surface area contributed by atoms with E-state index in [1.54, 1.807) is 0 Å². The highest BCUT2D eigenvalue weighted by molar-refractivity contribution is 7.94. The standard InChI is InChI=1S/C8H15NO2S/c1-7(2)8-5-9-3-4-12(10,11)6-8/h6-7,9H,3-5H2,1-2H3. The van der Waals surface area contributed by atoms with Crippen LogP contribution in [0.15, 0.2) is 11.0 Å². The zero-order valence-electron chi connectivity index (χ0n) is 7.50. The molecule has 70 valence electrons. The van der Waals surface area contributed by atoms with E-state index < -0.39 is 9.84 Å². The van der Waals surface area contributed by atoms with E-state index in [1.807, 2.05) is 13.8 Å². The van der Waals surface area contributed by atoms with Crippen molar-refractivity contribution in [1.29, 1.82) is 0 Å². The van der Waals surface area contributed by atoms with Gasteiger partial charge in [-0.05, 0) is 11.5 Å². The van der Waals surface area contributed by atoms with E-state index in [0.29, 0.717) is 19.0 Å². The minimum absolute atomic E-state index is 0.225. The summed E-state index contributed by atoms with van der Waals surface area (Å²) in [5.74, 6) is 0.536. The monoisotopic (exact) mass is 189 g/mol. The van der Waals surface area contributed by atoms with Crippen molar-refractivity contribution < 1.29 is 8.42 Å². The summed E-state index contributed by atoms with van der Waals surface area (Å²) in [5, 5.41) is 4.52. The number of rotatable bonds is 1. The topological polar surface area (TPSA) is 46.2 Å². The van der Waals surface area contributed by atoms with E-state index >= 15 is 0 Å². The maximum absolute atomic E-state index is 11.3. The number of sulfone groups is 1. The smallest absolute Gasteiger partial charge is 0.172 e. The van der Waals surface area contributed by atoms with Crippen molar-refractivity contribution in [2.24, 2.45) is 5.92 Å². The second-order valence-corrected chi connectivity index (χ2v) is 5.36. The fourth-order valence-corrected chi connectivity index (χ4v) is 2.48. The molecule has 0 unspecified atom stereocenters. The van der Waals surface area contributed by atoms with Crippen LogP contribution in [0.25, 0.3) is 0 Å². The molecule has 0 radical (unpaired) electrons. The molecule has 0 amide bonds. The molecule has 4 heteroatoms. The molecule has 12 heavy (non-hydrogen) atoms. The van der Waals surface area contributed by atoms with E-state index in [4.69, 9.17) is 0 Å². The summed E-state index contributed by atoms with van der Waals surface area (Å²) >= 11 is 0. The van der Waals surface area contributed by atoms with Crippen LogP contribution in [0.2, 0.25) is 0 Å². The molecule has 0 bridgehead atoms. The van der Waals surface area contributed by atoms with Gasteiger partial charge in [0.05, 0.1) is 5.75 Å². The first-order chi connectivity index (χ1) is 5.51. The van der Waals surface area contributed by atoms with Gasteiger partial charge < -0.3 is 5.32 Å². The van der Waals surface area contributed by atoms with E-state index in [9.17, 15) is 8.42 Å². The fourth-order valence-electron chi connectivity index (χ4n) is 1.12. The first-order valence-corrected chi connectivity index (χ1v) is 5.87. The Hall–Kier alpha value is -0.350. The first-order valence-electron chi connectivity index (χ1n) is 4.15. The van der Waals surface area contributed by atoms with Crippen LogP contribution in [0.3, 0.4) is 0 Å². The zero-order valence-corrected chi connectivity index (χ0v) is 8.32. The summed E-state index contributed by atoms with van der Waals surface area (Å²) in [5.41, 5.74) is 0.979. The van der Waals surface area contributed by atoms with Crippen LogP contribution in [0.4, 0.5) is 0 Å². The van der Waals surface area contributed by atoms with Crippen LogP contribution < -0.4 is 5.32 Å². The van der Waals surface area contributed by atoms with Crippen LogP contribution in [-0.2, 0) is 9.84 Å². The molecular weight excluding hydrogens is 174 g/mol. The molecule has 0 fully saturated rings. The molecule has 0 spiro atoms. The van der Waals surface area contributed by atoms with Gasteiger partial charge in [0.25, 0.3) is 0 Å². The highest BCUT2D eigenvalue weighted by Gasteiger charge is 2.14. The minimum atomic E-state index is -2.94. The van der Waals surface area contributed by atoms with Gasteiger partial charge in [0, 0.05) is 18.5 Å². The molecule has 1 aliphatic heterocycles. The summed E-state index contributed by atoms with van der Waals surface area (Å²) < 4.78 is 22.5. The second-order valence-electron chi connectivity index (χ2n) is 3.39. The minimum Gasteiger partial charge on any atom is -0.312 e.